The van der Waals surface area contributed by atoms with Gasteiger partial charge >= 0.3 is 5.97 Å². The molecular formula is C22H30O3. The van der Waals surface area contributed by atoms with Gasteiger partial charge in [0, 0.05) is 5.92 Å². The zero-order chi connectivity index (χ0) is 18.2. The number of hydrogen-bond acceptors (Lipinski definition) is 3. The highest BCUT2D eigenvalue weighted by Gasteiger charge is 2.55. The zero-order valence-electron chi connectivity index (χ0n) is 15.8. The predicted molar refractivity (Wildman–Crippen MR) is 99.2 cm³/mol. The molecule has 0 spiro atoms. The lowest BCUT2D eigenvalue weighted by atomic mass is 9.48. The molecule has 1 N–H and O–H groups in total. The molecule has 3 heteroatoms. The predicted octanol–water partition coefficient (Wildman–Crippen LogP) is 4.61. The molecule has 2 aliphatic rings. The van der Waals surface area contributed by atoms with E-state index in [1.54, 1.807) is 12.1 Å². The number of hydrogen-bond donors (Lipinski definition) is 1. The first-order valence-corrected chi connectivity index (χ1v) is 9.33. The highest BCUT2D eigenvalue weighted by molar-refractivity contribution is 5.89. The second kappa shape index (κ2) is 6.60. The van der Waals surface area contributed by atoms with Crippen LogP contribution in [0.4, 0.5) is 0 Å². The van der Waals surface area contributed by atoms with Gasteiger partial charge in [-0.05, 0) is 55.1 Å². The summed E-state index contributed by atoms with van der Waals surface area (Å²) in [5, 5.41) is 10.5. The Bertz CT molecular complexity index is 661. The monoisotopic (exact) mass is 342 g/mol. The Morgan fingerprint density at radius 1 is 1.24 bits per heavy atom. The fourth-order valence-corrected chi connectivity index (χ4v) is 5.17. The molecule has 0 aromatic heterocycles. The average Bonchev–Trinajstić information content (AvgIpc) is 2.58. The summed E-state index contributed by atoms with van der Waals surface area (Å²) in [6.07, 6.45) is 4.81. The van der Waals surface area contributed by atoms with Crippen molar-refractivity contribution in [2.24, 2.45) is 22.7 Å². The average molecular weight is 342 g/mol. The van der Waals surface area contributed by atoms with Gasteiger partial charge in [0.2, 0.25) is 0 Å². The van der Waals surface area contributed by atoms with Crippen LogP contribution in [0.3, 0.4) is 0 Å². The SMILES string of the molecule is CC1=CC[C@H]2C(C)(C)[C@@H](O)CC[C@]2(C)[C@H]1COC(=O)c1ccccc1. The molecule has 1 aromatic rings. The fraction of sp³-hybridized carbons (Fsp3) is 0.591. The molecule has 0 saturated heterocycles. The summed E-state index contributed by atoms with van der Waals surface area (Å²) in [5.41, 5.74) is 1.84. The third kappa shape index (κ3) is 3.15. The molecule has 1 saturated carbocycles. The first-order valence-electron chi connectivity index (χ1n) is 9.33. The van der Waals surface area contributed by atoms with E-state index in [9.17, 15) is 9.90 Å². The largest absolute Gasteiger partial charge is 0.461 e. The Hall–Kier alpha value is -1.61. The molecule has 0 amide bonds. The number of aliphatic hydroxyl groups is 1. The van der Waals surface area contributed by atoms with Crippen molar-refractivity contribution in [3.05, 3.63) is 47.5 Å². The van der Waals surface area contributed by atoms with Gasteiger partial charge in [-0.15, -0.1) is 0 Å². The van der Waals surface area contributed by atoms with Crippen molar-refractivity contribution < 1.29 is 14.6 Å². The molecule has 2 aliphatic carbocycles. The number of carbonyl (C=O) groups excluding carboxylic acids is 1. The van der Waals surface area contributed by atoms with Gasteiger partial charge in [-0.1, -0.05) is 50.6 Å². The van der Waals surface area contributed by atoms with Gasteiger partial charge < -0.3 is 9.84 Å². The van der Waals surface area contributed by atoms with Crippen molar-refractivity contribution >= 4 is 5.97 Å². The Morgan fingerprint density at radius 2 is 1.92 bits per heavy atom. The van der Waals surface area contributed by atoms with Crippen LogP contribution in [0.1, 0.15) is 57.3 Å². The smallest absolute Gasteiger partial charge is 0.338 e. The molecule has 3 rings (SSSR count). The third-order valence-electron chi connectivity index (χ3n) is 6.92. The van der Waals surface area contributed by atoms with Crippen LogP contribution < -0.4 is 0 Å². The van der Waals surface area contributed by atoms with E-state index < -0.39 is 0 Å². The molecule has 1 aromatic carbocycles. The highest BCUT2D eigenvalue weighted by Crippen LogP contribution is 2.59. The number of esters is 1. The van der Waals surface area contributed by atoms with Crippen LogP contribution in [0.5, 0.6) is 0 Å². The normalized spacial score (nSPS) is 34.0. The maximum atomic E-state index is 12.4. The van der Waals surface area contributed by atoms with Crippen LogP contribution >= 0.6 is 0 Å². The number of carbonyl (C=O) groups is 1. The van der Waals surface area contributed by atoms with Crippen LogP contribution in [0.25, 0.3) is 0 Å². The first kappa shape index (κ1) is 18.2. The number of ether oxygens (including phenoxy) is 1. The molecule has 0 radical (unpaired) electrons. The lowest BCUT2D eigenvalue weighted by Gasteiger charge is -2.58. The van der Waals surface area contributed by atoms with E-state index in [1.165, 1.54) is 5.57 Å². The minimum atomic E-state index is -0.259. The summed E-state index contributed by atoms with van der Waals surface area (Å²) in [5.74, 6) is 0.354. The van der Waals surface area contributed by atoms with E-state index in [2.05, 4.69) is 33.8 Å². The second-order valence-corrected chi connectivity index (χ2v) is 8.64. The standard InChI is InChI=1S/C22H30O3/c1-15-10-11-18-21(2,3)19(23)12-13-22(18,4)17(15)14-25-20(24)16-8-6-5-7-9-16/h5-10,17-19,23H,11-14H2,1-4H3/t17-,18-,19-,22+/m0/s1. The van der Waals surface area contributed by atoms with Gasteiger partial charge in [-0.25, -0.2) is 4.79 Å². The molecule has 4 atom stereocenters. The lowest BCUT2D eigenvalue weighted by Crippen LogP contribution is -2.54. The maximum Gasteiger partial charge on any atom is 0.338 e. The fourth-order valence-electron chi connectivity index (χ4n) is 5.17. The molecule has 3 nitrogen and oxygen atoms in total. The number of benzene rings is 1. The molecule has 136 valence electrons. The number of rotatable bonds is 3. The molecule has 0 heterocycles. The Morgan fingerprint density at radius 3 is 2.60 bits per heavy atom. The summed E-state index contributed by atoms with van der Waals surface area (Å²) in [6, 6.07) is 9.17. The number of fused-ring (bicyclic) bond motifs is 1. The summed E-state index contributed by atoms with van der Waals surface area (Å²) < 4.78 is 5.70. The Balaban J connectivity index is 1.79. The summed E-state index contributed by atoms with van der Waals surface area (Å²) in [7, 11) is 0. The summed E-state index contributed by atoms with van der Waals surface area (Å²) >= 11 is 0. The van der Waals surface area contributed by atoms with Crippen LogP contribution in [0, 0.1) is 22.7 Å². The van der Waals surface area contributed by atoms with Gasteiger partial charge in [0.1, 0.15) is 0 Å². The number of aliphatic hydroxyl groups excluding tert-OH is 1. The van der Waals surface area contributed by atoms with E-state index in [0.29, 0.717) is 18.1 Å². The number of allylic oxidation sites excluding steroid dienone is 1. The minimum absolute atomic E-state index is 0.0541. The van der Waals surface area contributed by atoms with Gasteiger partial charge in [0.05, 0.1) is 18.3 Å². The van der Waals surface area contributed by atoms with Gasteiger partial charge in [-0.3, -0.25) is 0 Å². The molecule has 0 aliphatic heterocycles. The van der Waals surface area contributed by atoms with E-state index in [0.717, 1.165) is 19.3 Å². The first-order chi connectivity index (χ1) is 11.8. The van der Waals surface area contributed by atoms with Crippen molar-refractivity contribution in [1.82, 2.24) is 0 Å². The second-order valence-electron chi connectivity index (χ2n) is 8.64. The Kier molecular flexibility index (Phi) is 4.80. The van der Waals surface area contributed by atoms with Crippen molar-refractivity contribution in [2.75, 3.05) is 6.61 Å². The molecule has 1 fully saturated rings. The summed E-state index contributed by atoms with van der Waals surface area (Å²) in [6.45, 7) is 9.25. The van der Waals surface area contributed by atoms with E-state index in [1.807, 2.05) is 18.2 Å². The molecular weight excluding hydrogens is 312 g/mol. The van der Waals surface area contributed by atoms with Gasteiger partial charge in [-0.2, -0.15) is 0 Å². The molecule has 0 bridgehead atoms. The van der Waals surface area contributed by atoms with E-state index in [4.69, 9.17) is 4.74 Å². The van der Waals surface area contributed by atoms with Crippen molar-refractivity contribution in [1.29, 1.82) is 0 Å². The minimum Gasteiger partial charge on any atom is -0.461 e. The van der Waals surface area contributed by atoms with Crippen molar-refractivity contribution in [2.45, 2.75) is 53.1 Å². The quantitative estimate of drug-likeness (QED) is 0.644. The highest BCUT2D eigenvalue weighted by atomic mass is 16.5. The van der Waals surface area contributed by atoms with Crippen LogP contribution in [0.15, 0.2) is 42.0 Å². The lowest BCUT2D eigenvalue weighted by molar-refractivity contribution is -0.121. The zero-order valence-corrected chi connectivity index (χ0v) is 15.8. The topological polar surface area (TPSA) is 46.5 Å². The van der Waals surface area contributed by atoms with Crippen LogP contribution in [-0.2, 0) is 4.74 Å². The Labute approximate surface area is 151 Å². The van der Waals surface area contributed by atoms with E-state index in [-0.39, 0.29) is 28.8 Å². The van der Waals surface area contributed by atoms with Crippen molar-refractivity contribution in [3.63, 3.8) is 0 Å². The molecule has 25 heavy (non-hydrogen) atoms. The summed E-state index contributed by atoms with van der Waals surface area (Å²) in [4.78, 5) is 12.4. The van der Waals surface area contributed by atoms with Crippen LogP contribution in [-0.4, -0.2) is 23.8 Å². The van der Waals surface area contributed by atoms with Gasteiger partial charge in [0.25, 0.3) is 0 Å². The third-order valence-corrected chi connectivity index (χ3v) is 6.92. The molecule has 0 unspecified atom stereocenters. The maximum absolute atomic E-state index is 12.4. The van der Waals surface area contributed by atoms with Crippen LogP contribution in [0.2, 0.25) is 0 Å². The van der Waals surface area contributed by atoms with Gasteiger partial charge in [0.15, 0.2) is 0 Å². The van der Waals surface area contributed by atoms with Crippen molar-refractivity contribution in [3.8, 4) is 0 Å². The van der Waals surface area contributed by atoms with E-state index >= 15 is 0 Å².